The summed E-state index contributed by atoms with van der Waals surface area (Å²) in [5, 5.41) is 0. The van der Waals surface area contributed by atoms with Crippen LogP contribution in [0.1, 0.15) is 56.0 Å². The summed E-state index contributed by atoms with van der Waals surface area (Å²) in [4.78, 5) is 26.2. The molecule has 0 spiro atoms. The highest BCUT2D eigenvalue weighted by molar-refractivity contribution is 5.98. The molecule has 1 aliphatic heterocycles. The lowest BCUT2D eigenvalue weighted by molar-refractivity contribution is -0.155. The average molecular weight is 362 g/mol. The quantitative estimate of drug-likeness (QED) is 0.568. The van der Waals surface area contributed by atoms with E-state index in [-0.39, 0.29) is 18.4 Å². The molecule has 1 aromatic carbocycles. The third-order valence-corrected chi connectivity index (χ3v) is 4.10. The molecule has 1 aromatic rings. The first-order chi connectivity index (χ1) is 12.3. The minimum atomic E-state index is -0.551. The molecule has 144 valence electrons. The summed E-state index contributed by atoms with van der Waals surface area (Å²) in [6, 6.07) is 5.53. The number of ether oxygens (including phenoxy) is 2. The normalized spacial score (nSPS) is 14.2. The number of unbranched alkanes of at least 4 members (excludes halogenated alkanes) is 2. The van der Waals surface area contributed by atoms with E-state index in [2.05, 4.69) is 0 Å². The van der Waals surface area contributed by atoms with Crippen molar-refractivity contribution in [2.24, 2.45) is 5.73 Å². The van der Waals surface area contributed by atoms with Gasteiger partial charge in [0, 0.05) is 12.1 Å². The number of fused-ring (bicyclic) bond motifs is 1. The van der Waals surface area contributed by atoms with Gasteiger partial charge in [-0.15, -0.1) is 0 Å². The maximum atomic E-state index is 12.6. The first-order valence-corrected chi connectivity index (χ1v) is 9.27. The minimum absolute atomic E-state index is 0.0189. The summed E-state index contributed by atoms with van der Waals surface area (Å²) in [6.45, 7) is 7.29. The first-order valence-electron chi connectivity index (χ1n) is 9.27. The fraction of sp³-hybridized carbons (Fsp3) is 0.600. The number of esters is 1. The van der Waals surface area contributed by atoms with E-state index in [1.54, 1.807) is 11.0 Å². The van der Waals surface area contributed by atoms with Crippen LogP contribution in [0.2, 0.25) is 0 Å². The van der Waals surface area contributed by atoms with Crippen LogP contribution in [0.5, 0.6) is 5.75 Å². The first kappa shape index (κ1) is 20.2. The van der Waals surface area contributed by atoms with Crippen molar-refractivity contribution < 1.29 is 19.1 Å². The van der Waals surface area contributed by atoms with Gasteiger partial charge in [0.2, 0.25) is 0 Å². The molecule has 0 saturated heterocycles. The van der Waals surface area contributed by atoms with Crippen LogP contribution in [-0.4, -0.2) is 48.6 Å². The molecule has 0 unspecified atom stereocenters. The van der Waals surface area contributed by atoms with E-state index in [0.717, 1.165) is 30.6 Å². The molecular weight excluding hydrogens is 332 g/mol. The lowest BCUT2D eigenvalue weighted by Gasteiger charge is -2.29. The number of nitrogens with two attached hydrogens (primary N) is 1. The van der Waals surface area contributed by atoms with Gasteiger partial charge in [0.1, 0.15) is 17.9 Å². The van der Waals surface area contributed by atoms with Gasteiger partial charge in [-0.05, 0) is 76.8 Å². The second kappa shape index (κ2) is 9.03. The summed E-state index contributed by atoms with van der Waals surface area (Å²) in [5.74, 6) is 0.267. The smallest absolute Gasteiger partial charge is 0.326 e. The van der Waals surface area contributed by atoms with Crippen molar-refractivity contribution in [1.82, 2.24) is 4.90 Å². The predicted molar refractivity (Wildman–Crippen MR) is 100 cm³/mol. The zero-order chi connectivity index (χ0) is 19.2. The summed E-state index contributed by atoms with van der Waals surface area (Å²) in [5.41, 5.74) is 6.53. The summed E-state index contributed by atoms with van der Waals surface area (Å²) in [7, 11) is 0. The summed E-state index contributed by atoms with van der Waals surface area (Å²) in [6.07, 6.45) is 3.74. The minimum Gasteiger partial charge on any atom is -0.494 e. The molecule has 0 aliphatic carbocycles. The molecule has 0 atom stereocenters. The van der Waals surface area contributed by atoms with Crippen LogP contribution >= 0.6 is 0 Å². The molecule has 0 fully saturated rings. The standard InChI is InChI=1S/C20H30N2O4/c1-20(2,3)26-18(23)14-22-11-9-15-13-16(7-8-17(15)19(22)24)25-12-6-4-5-10-21/h7-8,13H,4-6,9-12,14,21H2,1-3H3. The fourth-order valence-electron chi connectivity index (χ4n) is 2.90. The second-order valence-electron chi connectivity index (χ2n) is 7.58. The Hall–Kier alpha value is -2.08. The Bertz CT molecular complexity index is 637. The number of hydrogen-bond acceptors (Lipinski definition) is 5. The van der Waals surface area contributed by atoms with Crippen molar-refractivity contribution in [3.8, 4) is 5.75 Å². The van der Waals surface area contributed by atoms with Crippen LogP contribution in [-0.2, 0) is 16.0 Å². The molecule has 1 heterocycles. The van der Waals surface area contributed by atoms with Crippen LogP contribution in [0.3, 0.4) is 0 Å². The summed E-state index contributed by atoms with van der Waals surface area (Å²) < 4.78 is 11.1. The number of rotatable bonds is 8. The van der Waals surface area contributed by atoms with Gasteiger partial charge in [0.25, 0.3) is 5.91 Å². The predicted octanol–water partition coefficient (Wildman–Crippen LogP) is 2.53. The molecule has 1 amide bonds. The Morgan fingerprint density at radius 2 is 2.00 bits per heavy atom. The second-order valence-corrected chi connectivity index (χ2v) is 7.58. The van der Waals surface area contributed by atoms with E-state index in [1.807, 2.05) is 32.9 Å². The van der Waals surface area contributed by atoms with E-state index in [0.29, 0.717) is 31.7 Å². The van der Waals surface area contributed by atoms with Gasteiger partial charge >= 0.3 is 5.97 Å². The number of benzene rings is 1. The van der Waals surface area contributed by atoms with Gasteiger partial charge in [-0.3, -0.25) is 9.59 Å². The lowest BCUT2D eigenvalue weighted by atomic mass is 9.98. The number of nitrogens with zero attached hydrogens (tertiary/aromatic N) is 1. The van der Waals surface area contributed by atoms with Gasteiger partial charge in [-0.25, -0.2) is 0 Å². The lowest BCUT2D eigenvalue weighted by Crippen LogP contribution is -2.42. The molecule has 1 aliphatic rings. The van der Waals surface area contributed by atoms with E-state index in [1.165, 1.54) is 0 Å². The third kappa shape index (κ3) is 6.02. The number of carbonyl (C=O) groups excluding carboxylic acids is 2. The molecule has 26 heavy (non-hydrogen) atoms. The molecule has 0 bridgehead atoms. The fourth-order valence-corrected chi connectivity index (χ4v) is 2.90. The van der Waals surface area contributed by atoms with E-state index in [4.69, 9.17) is 15.2 Å². The molecule has 6 heteroatoms. The maximum Gasteiger partial charge on any atom is 0.326 e. The van der Waals surface area contributed by atoms with Crippen LogP contribution in [0, 0.1) is 0 Å². The Labute approximate surface area is 155 Å². The van der Waals surface area contributed by atoms with Gasteiger partial charge in [0.15, 0.2) is 0 Å². The van der Waals surface area contributed by atoms with E-state index < -0.39 is 5.60 Å². The molecule has 2 N–H and O–H groups in total. The van der Waals surface area contributed by atoms with Gasteiger partial charge in [-0.1, -0.05) is 0 Å². The number of carbonyl (C=O) groups is 2. The highest BCUT2D eigenvalue weighted by Crippen LogP contribution is 2.24. The Morgan fingerprint density at radius 1 is 1.23 bits per heavy atom. The van der Waals surface area contributed by atoms with Gasteiger partial charge in [0.05, 0.1) is 6.61 Å². The van der Waals surface area contributed by atoms with Crippen molar-refractivity contribution in [2.75, 3.05) is 26.2 Å². The Morgan fingerprint density at radius 3 is 2.69 bits per heavy atom. The zero-order valence-electron chi connectivity index (χ0n) is 16.0. The Kier molecular flexibility index (Phi) is 7.03. The van der Waals surface area contributed by atoms with Crippen molar-refractivity contribution in [3.05, 3.63) is 29.3 Å². The summed E-state index contributed by atoms with van der Waals surface area (Å²) >= 11 is 0. The van der Waals surface area contributed by atoms with Crippen LogP contribution < -0.4 is 10.5 Å². The monoisotopic (exact) mass is 362 g/mol. The topological polar surface area (TPSA) is 81.9 Å². The van der Waals surface area contributed by atoms with Crippen molar-refractivity contribution in [1.29, 1.82) is 0 Å². The third-order valence-electron chi connectivity index (χ3n) is 4.10. The zero-order valence-corrected chi connectivity index (χ0v) is 16.0. The van der Waals surface area contributed by atoms with Crippen molar-refractivity contribution >= 4 is 11.9 Å². The highest BCUT2D eigenvalue weighted by atomic mass is 16.6. The molecule has 2 rings (SSSR count). The molecule has 0 radical (unpaired) electrons. The van der Waals surface area contributed by atoms with E-state index in [9.17, 15) is 9.59 Å². The van der Waals surface area contributed by atoms with Crippen LogP contribution in [0.15, 0.2) is 18.2 Å². The largest absolute Gasteiger partial charge is 0.494 e. The average Bonchev–Trinajstić information content (AvgIpc) is 2.55. The van der Waals surface area contributed by atoms with E-state index >= 15 is 0 Å². The molecule has 0 aromatic heterocycles. The molecule has 0 saturated carbocycles. The van der Waals surface area contributed by atoms with Gasteiger partial charge in [-0.2, -0.15) is 0 Å². The molecular formula is C20H30N2O4. The maximum absolute atomic E-state index is 12.6. The number of amides is 1. The van der Waals surface area contributed by atoms with Gasteiger partial charge < -0.3 is 20.1 Å². The van der Waals surface area contributed by atoms with Crippen molar-refractivity contribution in [3.63, 3.8) is 0 Å². The molecule has 6 nitrogen and oxygen atoms in total. The van der Waals surface area contributed by atoms with Crippen molar-refractivity contribution in [2.45, 2.75) is 52.1 Å². The SMILES string of the molecule is CC(C)(C)OC(=O)CN1CCc2cc(OCCCCCN)ccc2C1=O. The van der Waals surface area contributed by atoms with Crippen LogP contribution in [0.4, 0.5) is 0 Å². The number of hydrogen-bond donors (Lipinski definition) is 1. The highest BCUT2D eigenvalue weighted by Gasteiger charge is 2.28. The Balaban J connectivity index is 1.92. The van der Waals surface area contributed by atoms with Crippen LogP contribution in [0.25, 0.3) is 0 Å².